The fourth-order valence-corrected chi connectivity index (χ4v) is 1.79. The van der Waals surface area contributed by atoms with Gasteiger partial charge >= 0.3 is 0 Å². The predicted molar refractivity (Wildman–Crippen MR) is 52.5 cm³/mol. The van der Waals surface area contributed by atoms with Gasteiger partial charge < -0.3 is 4.42 Å². The quantitative estimate of drug-likeness (QED) is 0.574. The Morgan fingerprint density at radius 1 is 1.29 bits per heavy atom. The largest absolute Gasteiger partial charge is 0.468 e. The van der Waals surface area contributed by atoms with Crippen LogP contribution < -0.4 is 0 Å². The highest BCUT2D eigenvalue weighted by atomic mass is 32.2. The SMILES string of the molecule is Fc1cccc(SCc2ccco2)n1. The number of halogens is 1. The van der Waals surface area contributed by atoms with Gasteiger partial charge in [-0.25, -0.2) is 4.98 Å². The van der Waals surface area contributed by atoms with Gasteiger partial charge in [0.25, 0.3) is 0 Å². The summed E-state index contributed by atoms with van der Waals surface area (Å²) < 4.78 is 17.8. The van der Waals surface area contributed by atoms with Crippen molar-refractivity contribution < 1.29 is 8.81 Å². The van der Waals surface area contributed by atoms with Gasteiger partial charge in [-0.1, -0.05) is 17.8 Å². The topological polar surface area (TPSA) is 26.0 Å². The lowest BCUT2D eigenvalue weighted by Crippen LogP contribution is -1.84. The summed E-state index contributed by atoms with van der Waals surface area (Å²) in [6.45, 7) is 0. The van der Waals surface area contributed by atoms with Gasteiger partial charge in [0.2, 0.25) is 5.95 Å². The molecule has 0 bridgehead atoms. The Kier molecular flexibility index (Phi) is 2.84. The van der Waals surface area contributed by atoms with Crippen molar-refractivity contribution in [3.05, 3.63) is 48.3 Å². The van der Waals surface area contributed by atoms with Crippen LogP contribution in [0.15, 0.2) is 46.0 Å². The molecule has 4 heteroatoms. The number of hydrogen-bond donors (Lipinski definition) is 0. The van der Waals surface area contributed by atoms with Crippen molar-refractivity contribution in [3.63, 3.8) is 0 Å². The second-order valence-corrected chi connectivity index (χ2v) is 3.66. The molecule has 0 amide bonds. The first-order chi connectivity index (χ1) is 6.84. The molecule has 0 atom stereocenters. The molecule has 2 aromatic heterocycles. The molecule has 14 heavy (non-hydrogen) atoms. The summed E-state index contributed by atoms with van der Waals surface area (Å²) in [5, 5.41) is 0.668. The highest BCUT2D eigenvalue weighted by Gasteiger charge is 2.00. The molecule has 0 aliphatic heterocycles. The Balaban J connectivity index is 1.98. The van der Waals surface area contributed by atoms with Gasteiger partial charge in [0.1, 0.15) is 5.76 Å². The fraction of sp³-hybridized carbons (Fsp3) is 0.100. The standard InChI is InChI=1S/C10H8FNOS/c11-9-4-1-5-10(12-9)14-7-8-3-2-6-13-8/h1-6H,7H2. The van der Waals surface area contributed by atoms with Crippen LogP contribution >= 0.6 is 11.8 Å². The van der Waals surface area contributed by atoms with E-state index in [1.165, 1.54) is 17.8 Å². The van der Waals surface area contributed by atoms with E-state index >= 15 is 0 Å². The summed E-state index contributed by atoms with van der Waals surface area (Å²) in [5.41, 5.74) is 0. The Morgan fingerprint density at radius 2 is 2.21 bits per heavy atom. The van der Waals surface area contributed by atoms with E-state index in [1.807, 2.05) is 12.1 Å². The van der Waals surface area contributed by atoms with Crippen LogP contribution in [0, 0.1) is 5.95 Å². The van der Waals surface area contributed by atoms with E-state index in [2.05, 4.69) is 4.98 Å². The zero-order valence-electron chi connectivity index (χ0n) is 7.31. The first kappa shape index (κ1) is 9.27. The van der Waals surface area contributed by atoms with Crippen molar-refractivity contribution in [3.8, 4) is 0 Å². The first-order valence-corrected chi connectivity index (χ1v) is 5.11. The molecule has 2 rings (SSSR count). The number of hydrogen-bond acceptors (Lipinski definition) is 3. The van der Waals surface area contributed by atoms with Crippen LogP contribution in [0.25, 0.3) is 0 Å². The fourth-order valence-electron chi connectivity index (χ4n) is 1.01. The average molecular weight is 209 g/mol. The molecule has 0 aromatic carbocycles. The molecular formula is C10H8FNOS. The van der Waals surface area contributed by atoms with Crippen LogP contribution in [0.5, 0.6) is 0 Å². The van der Waals surface area contributed by atoms with Crippen LogP contribution in [0.1, 0.15) is 5.76 Å². The van der Waals surface area contributed by atoms with Crippen molar-refractivity contribution in [2.45, 2.75) is 10.8 Å². The molecule has 72 valence electrons. The summed E-state index contributed by atoms with van der Waals surface area (Å²) in [6, 6.07) is 8.46. The van der Waals surface area contributed by atoms with Crippen LogP contribution in [0.3, 0.4) is 0 Å². The second kappa shape index (κ2) is 4.28. The second-order valence-electron chi connectivity index (χ2n) is 2.67. The van der Waals surface area contributed by atoms with Crippen LogP contribution in [-0.2, 0) is 5.75 Å². The molecule has 0 fully saturated rings. The molecule has 0 N–H and O–H groups in total. The van der Waals surface area contributed by atoms with Crippen LogP contribution in [-0.4, -0.2) is 4.98 Å². The third-order valence-electron chi connectivity index (χ3n) is 1.63. The molecule has 0 unspecified atom stereocenters. The lowest BCUT2D eigenvalue weighted by Gasteiger charge is -1.97. The Morgan fingerprint density at radius 3 is 2.93 bits per heavy atom. The van der Waals surface area contributed by atoms with Crippen molar-refractivity contribution in [2.24, 2.45) is 0 Å². The molecule has 0 aliphatic carbocycles. The van der Waals surface area contributed by atoms with E-state index in [0.717, 1.165) is 5.76 Å². The smallest absolute Gasteiger partial charge is 0.213 e. The van der Waals surface area contributed by atoms with Crippen molar-refractivity contribution >= 4 is 11.8 Å². The maximum atomic E-state index is 12.7. The summed E-state index contributed by atoms with van der Waals surface area (Å²) in [5.74, 6) is 1.08. The third-order valence-corrected chi connectivity index (χ3v) is 2.58. The van der Waals surface area contributed by atoms with Gasteiger partial charge in [0, 0.05) is 0 Å². The molecule has 0 radical (unpaired) electrons. The summed E-state index contributed by atoms with van der Waals surface area (Å²) in [7, 11) is 0. The predicted octanol–water partition coefficient (Wildman–Crippen LogP) is 3.11. The molecule has 2 heterocycles. The van der Waals surface area contributed by atoms with E-state index in [1.54, 1.807) is 18.4 Å². The average Bonchev–Trinajstić information content (AvgIpc) is 2.67. The van der Waals surface area contributed by atoms with E-state index in [0.29, 0.717) is 10.8 Å². The molecule has 0 saturated carbocycles. The van der Waals surface area contributed by atoms with Gasteiger partial charge in [-0.3, -0.25) is 0 Å². The number of aromatic nitrogens is 1. The number of rotatable bonds is 3. The van der Waals surface area contributed by atoms with E-state index in [-0.39, 0.29) is 0 Å². The van der Waals surface area contributed by atoms with Crippen LogP contribution in [0.2, 0.25) is 0 Å². The molecule has 0 aliphatic rings. The zero-order chi connectivity index (χ0) is 9.80. The Bertz CT molecular complexity index is 402. The minimum absolute atomic E-state index is 0.450. The molecule has 2 aromatic rings. The summed E-state index contributed by atoms with van der Waals surface area (Å²) in [4.78, 5) is 3.73. The van der Waals surface area contributed by atoms with Gasteiger partial charge in [-0.05, 0) is 24.3 Å². The number of thioether (sulfide) groups is 1. The van der Waals surface area contributed by atoms with Gasteiger partial charge in [0.15, 0.2) is 0 Å². The number of furan rings is 1. The van der Waals surface area contributed by atoms with E-state index < -0.39 is 5.95 Å². The number of pyridine rings is 1. The third kappa shape index (κ3) is 2.35. The molecule has 0 saturated heterocycles. The highest BCUT2D eigenvalue weighted by Crippen LogP contribution is 2.20. The van der Waals surface area contributed by atoms with Gasteiger partial charge in [-0.15, -0.1) is 0 Å². The van der Waals surface area contributed by atoms with Crippen molar-refractivity contribution in [1.29, 1.82) is 0 Å². The minimum Gasteiger partial charge on any atom is -0.468 e. The maximum Gasteiger partial charge on any atom is 0.213 e. The van der Waals surface area contributed by atoms with Crippen molar-refractivity contribution in [1.82, 2.24) is 4.98 Å². The molecule has 0 spiro atoms. The lowest BCUT2D eigenvalue weighted by atomic mass is 10.5. The molecule has 2 nitrogen and oxygen atoms in total. The lowest BCUT2D eigenvalue weighted by molar-refractivity contribution is 0.530. The monoisotopic (exact) mass is 209 g/mol. The normalized spacial score (nSPS) is 10.4. The van der Waals surface area contributed by atoms with Crippen molar-refractivity contribution in [2.75, 3.05) is 0 Å². The van der Waals surface area contributed by atoms with Crippen LogP contribution in [0.4, 0.5) is 4.39 Å². The van der Waals surface area contributed by atoms with E-state index in [4.69, 9.17) is 4.42 Å². The minimum atomic E-state index is -0.450. The maximum absolute atomic E-state index is 12.7. The summed E-state index contributed by atoms with van der Waals surface area (Å²) in [6.07, 6.45) is 1.62. The molecular weight excluding hydrogens is 201 g/mol. The Labute approximate surface area is 85.2 Å². The van der Waals surface area contributed by atoms with Gasteiger partial charge in [-0.2, -0.15) is 4.39 Å². The first-order valence-electron chi connectivity index (χ1n) is 4.12. The Hall–Kier alpha value is -1.29. The number of nitrogens with zero attached hydrogens (tertiary/aromatic N) is 1. The van der Waals surface area contributed by atoms with E-state index in [9.17, 15) is 4.39 Å². The van der Waals surface area contributed by atoms with Gasteiger partial charge in [0.05, 0.1) is 17.0 Å². The summed E-state index contributed by atoms with van der Waals surface area (Å²) >= 11 is 1.45. The zero-order valence-corrected chi connectivity index (χ0v) is 8.13. The highest BCUT2D eigenvalue weighted by molar-refractivity contribution is 7.98.